The first-order chi connectivity index (χ1) is 7.72. The third-order valence-electron chi connectivity index (χ3n) is 2.80. The Labute approximate surface area is 101 Å². The quantitative estimate of drug-likeness (QED) is 0.536. The van der Waals surface area contributed by atoms with Crippen LogP contribution in [-0.4, -0.2) is 37.5 Å². The molecule has 0 aromatic heterocycles. The van der Waals surface area contributed by atoms with Crippen LogP contribution in [0.3, 0.4) is 0 Å². The highest BCUT2D eigenvalue weighted by Gasteiger charge is 2.11. The molecule has 0 aliphatic heterocycles. The number of rotatable bonds is 11. The number of aliphatic hydroxyl groups is 1. The van der Waals surface area contributed by atoms with Crippen LogP contribution in [0.5, 0.6) is 0 Å². The summed E-state index contributed by atoms with van der Waals surface area (Å²) in [5, 5.41) is 12.2. The lowest BCUT2D eigenvalue weighted by Crippen LogP contribution is -2.38. The minimum absolute atomic E-state index is 0.326. The lowest BCUT2D eigenvalue weighted by Gasteiger charge is -2.22. The van der Waals surface area contributed by atoms with Crippen LogP contribution in [0.4, 0.5) is 0 Å². The molecule has 0 aromatic carbocycles. The molecular weight excluding hydrogens is 202 g/mol. The van der Waals surface area contributed by atoms with Gasteiger partial charge in [-0.3, -0.25) is 0 Å². The third-order valence-corrected chi connectivity index (χ3v) is 2.80. The SMILES string of the molecule is CCOCC(NCCCCCCO)C(C)C. The normalized spacial score (nSPS) is 13.3. The van der Waals surface area contributed by atoms with Crippen molar-refractivity contribution in [3.63, 3.8) is 0 Å². The average molecular weight is 231 g/mol. The minimum atomic E-state index is 0.326. The Morgan fingerprint density at radius 1 is 1.12 bits per heavy atom. The Morgan fingerprint density at radius 3 is 2.38 bits per heavy atom. The highest BCUT2D eigenvalue weighted by atomic mass is 16.5. The minimum Gasteiger partial charge on any atom is -0.396 e. The van der Waals surface area contributed by atoms with Gasteiger partial charge in [0.2, 0.25) is 0 Å². The molecule has 3 heteroatoms. The standard InChI is InChI=1S/C13H29NO2/c1-4-16-11-13(12(2)3)14-9-7-5-6-8-10-15/h12-15H,4-11H2,1-3H3. The number of unbranched alkanes of at least 4 members (excludes halogenated alkanes) is 3. The van der Waals surface area contributed by atoms with Crippen LogP contribution in [0.1, 0.15) is 46.5 Å². The fourth-order valence-electron chi connectivity index (χ4n) is 1.61. The van der Waals surface area contributed by atoms with Crippen LogP contribution in [0.2, 0.25) is 0 Å². The van der Waals surface area contributed by atoms with Crippen molar-refractivity contribution >= 4 is 0 Å². The predicted molar refractivity (Wildman–Crippen MR) is 68.7 cm³/mol. The molecule has 0 saturated heterocycles. The monoisotopic (exact) mass is 231 g/mol. The van der Waals surface area contributed by atoms with Gasteiger partial charge in [0.1, 0.15) is 0 Å². The van der Waals surface area contributed by atoms with Crippen molar-refractivity contribution in [2.75, 3.05) is 26.4 Å². The van der Waals surface area contributed by atoms with E-state index in [1.807, 2.05) is 6.92 Å². The number of hydrogen-bond donors (Lipinski definition) is 2. The van der Waals surface area contributed by atoms with Gasteiger partial charge in [0.25, 0.3) is 0 Å². The van der Waals surface area contributed by atoms with Gasteiger partial charge in [-0.25, -0.2) is 0 Å². The highest BCUT2D eigenvalue weighted by molar-refractivity contribution is 4.69. The smallest absolute Gasteiger partial charge is 0.0621 e. The third kappa shape index (κ3) is 9.13. The molecule has 0 aromatic rings. The molecule has 0 radical (unpaired) electrons. The number of nitrogens with one attached hydrogen (secondary N) is 1. The van der Waals surface area contributed by atoms with Gasteiger partial charge in [0.05, 0.1) is 6.61 Å². The summed E-state index contributed by atoms with van der Waals surface area (Å²) >= 11 is 0. The van der Waals surface area contributed by atoms with Gasteiger partial charge in [-0.15, -0.1) is 0 Å². The summed E-state index contributed by atoms with van der Waals surface area (Å²) in [5.41, 5.74) is 0. The molecule has 3 nitrogen and oxygen atoms in total. The zero-order valence-electron chi connectivity index (χ0n) is 11.2. The van der Waals surface area contributed by atoms with E-state index >= 15 is 0 Å². The van der Waals surface area contributed by atoms with Crippen LogP contribution in [0, 0.1) is 5.92 Å². The molecule has 2 N–H and O–H groups in total. The molecule has 0 spiro atoms. The molecule has 0 aliphatic carbocycles. The van der Waals surface area contributed by atoms with Crippen LogP contribution < -0.4 is 5.32 Å². The summed E-state index contributed by atoms with van der Waals surface area (Å²) in [6, 6.07) is 0.470. The summed E-state index contributed by atoms with van der Waals surface area (Å²) in [7, 11) is 0. The summed E-state index contributed by atoms with van der Waals surface area (Å²) in [5.74, 6) is 0.615. The van der Waals surface area contributed by atoms with E-state index in [2.05, 4.69) is 19.2 Å². The Morgan fingerprint density at radius 2 is 1.81 bits per heavy atom. The Hall–Kier alpha value is -0.120. The van der Waals surface area contributed by atoms with Crippen molar-refractivity contribution in [1.29, 1.82) is 0 Å². The maximum atomic E-state index is 8.65. The Bertz CT molecular complexity index is 140. The maximum absolute atomic E-state index is 8.65. The van der Waals surface area contributed by atoms with Crippen molar-refractivity contribution in [2.45, 2.75) is 52.5 Å². The molecule has 1 atom stereocenters. The molecule has 0 heterocycles. The van der Waals surface area contributed by atoms with Gasteiger partial charge in [0, 0.05) is 19.3 Å². The van der Waals surface area contributed by atoms with E-state index in [4.69, 9.17) is 9.84 Å². The molecule has 0 fully saturated rings. The van der Waals surface area contributed by atoms with Gasteiger partial charge in [-0.2, -0.15) is 0 Å². The van der Waals surface area contributed by atoms with E-state index in [-0.39, 0.29) is 0 Å². The fraction of sp³-hybridized carbons (Fsp3) is 1.00. The molecule has 0 rings (SSSR count). The Kier molecular flexibility index (Phi) is 11.3. The lowest BCUT2D eigenvalue weighted by molar-refractivity contribution is 0.108. The van der Waals surface area contributed by atoms with Crippen LogP contribution in [0.25, 0.3) is 0 Å². The molecule has 0 aliphatic rings. The van der Waals surface area contributed by atoms with E-state index in [0.29, 0.717) is 18.6 Å². The van der Waals surface area contributed by atoms with Gasteiger partial charge in [-0.05, 0) is 32.2 Å². The van der Waals surface area contributed by atoms with Crippen LogP contribution in [-0.2, 0) is 4.74 Å². The number of ether oxygens (including phenoxy) is 1. The second-order valence-corrected chi connectivity index (χ2v) is 4.60. The van der Waals surface area contributed by atoms with Crippen molar-refractivity contribution in [2.24, 2.45) is 5.92 Å². The van der Waals surface area contributed by atoms with Crippen molar-refractivity contribution < 1.29 is 9.84 Å². The second kappa shape index (κ2) is 11.4. The van der Waals surface area contributed by atoms with Gasteiger partial charge in [-0.1, -0.05) is 26.7 Å². The molecule has 16 heavy (non-hydrogen) atoms. The molecular formula is C13H29NO2. The first kappa shape index (κ1) is 15.9. The fourth-order valence-corrected chi connectivity index (χ4v) is 1.61. The van der Waals surface area contributed by atoms with Crippen LogP contribution >= 0.6 is 0 Å². The topological polar surface area (TPSA) is 41.5 Å². The van der Waals surface area contributed by atoms with Crippen molar-refractivity contribution in [3.05, 3.63) is 0 Å². The molecule has 0 bridgehead atoms. The van der Waals surface area contributed by atoms with Gasteiger partial charge in [0.15, 0.2) is 0 Å². The average Bonchev–Trinajstić information content (AvgIpc) is 2.26. The van der Waals surface area contributed by atoms with Crippen molar-refractivity contribution in [3.8, 4) is 0 Å². The molecule has 98 valence electrons. The largest absolute Gasteiger partial charge is 0.396 e. The maximum Gasteiger partial charge on any atom is 0.0621 e. The summed E-state index contributed by atoms with van der Waals surface area (Å²) in [6.45, 7) is 9.47. The predicted octanol–water partition coefficient (Wildman–Crippen LogP) is 2.19. The van der Waals surface area contributed by atoms with Gasteiger partial charge < -0.3 is 15.2 Å². The summed E-state index contributed by atoms with van der Waals surface area (Å²) in [6.07, 6.45) is 4.46. The van der Waals surface area contributed by atoms with E-state index in [1.165, 1.54) is 12.8 Å². The zero-order chi connectivity index (χ0) is 12.2. The van der Waals surface area contributed by atoms with E-state index < -0.39 is 0 Å². The van der Waals surface area contributed by atoms with E-state index in [0.717, 1.165) is 32.6 Å². The van der Waals surface area contributed by atoms with Gasteiger partial charge >= 0.3 is 0 Å². The van der Waals surface area contributed by atoms with E-state index in [9.17, 15) is 0 Å². The lowest BCUT2D eigenvalue weighted by atomic mass is 10.1. The summed E-state index contributed by atoms with van der Waals surface area (Å²) in [4.78, 5) is 0. The summed E-state index contributed by atoms with van der Waals surface area (Å²) < 4.78 is 5.46. The van der Waals surface area contributed by atoms with E-state index in [1.54, 1.807) is 0 Å². The first-order valence-corrected chi connectivity index (χ1v) is 6.64. The first-order valence-electron chi connectivity index (χ1n) is 6.64. The number of aliphatic hydroxyl groups excluding tert-OH is 1. The highest BCUT2D eigenvalue weighted by Crippen LogP contribution is 2.03. The molecule has 1 unspecified atom stereocenters. The zero-order valence-corrected chi connectivity index (χ0v) is 11.2. The molecule has 0 saturated carbocycles. The Balaban J connectivity index is 3.44. The number of hydrogen-bond acceptors (Lipinski definition) is 3. The van der Waals surface area contributed by atoms with Crippen molar-refractivity contribution in [1.82, 2.24) is 5.32 Å². The van der Waals surface area contributed by atoms with Crippen LogP contribution in [0.15, 0.2) is 0 Å². The second-order valence-electron chi connectivity index (χ2n) is 4.60. The molecule has 0 amide bonds.